The molecule has 0 amide bonds. The van der Waals surface area contributed by atoms with E-state index < -0.39 is 27.0 Å². The summed E-state index contributed by atoms with van der Waals surface area (Å²) in [4.78, 5) is 11.6. The number of rotatable bonds is 6. The van der Waals surface area contributed by atoms with Crippen LogP contribution in [0.5, 0.6) is 0 Å². The minimum absolute atomic E-state index is 0.127. The van der Waals surface area contributed by atoms with Gasteiger partial charge in [-0.15, -0.1) is 11.3 Å². The molecule has 186 valence electrons. The van der Waals surface area contributed by atoms with E-state index in [2.05, 4.69) is 0 Å². The first-order valence-electron chi connectivity index (χ1n) is 11.8. The van der Waals surface area contributed by atoms with Crippen LogP contribution >= 0.6 is 11.3 Å². The Kier molecular flexibility index (Phi) is 5.54. The van der Waals surface area contributed by atoms with E-state index in [-0.39, 0.29) is 10.8 Å². The number of carbonyl (C=O) groups is 1. The first kappa shape index (κ1) is 23.6. The number of carboxylic acid groups (broad SMARTS) is 1. The quantitative estimate of drug-likeness (QED) is 0.258. The zero-order valence-corrected chi connectivity index (χ0v) is 21.4. The molecule has 5 aromatic rings. The predicted molar refractivity (Wildman–Crippen MR) is 143 cm³/mol. The summed E-state index contributed by atoms with van der Waals surface area (Å²) in [5, 5.41) is 11.3. The smallest absolute Gasteiger partial charge is 0.307 e. The van der Waals surface area contributed by atoms with Crippen LogP contribution in [0.2, 0.25) is 0 Å². The molecule has 8 heteroatoms. The van der Waals surface area contributed by atoms with Gasteiger partial charge >= 0.3 is 5.97 Å². The highest BCUT2D eigenvalue weighted by molar-refractivity contribution is 7.90. The van der Waals surface area contributed by atoms with Crippen molar-refractivity contribution in [3.8, 4) is 22.4 Å². The minimum atomic E-state index is -4.08. The van der Waals surface area contributed by atoms with E-state index in [0.29, 0.717) is 39.7 Å². The van der Waals surface area contributed by atoms with E-state index in [4.69, 9.17) is 0 Å². The van der Waals surface area contributed by atoms with Crippen LogP contribution in [-0.2, 0) is 14.8 Å². The molecule has 0 radical (unpaired) electrons. The van der Waals surface area contributed by atoms with Crippen LogP contribution in [-0.4, -0.2) is 23.5 Å². The highest BCUT2D eigenvalue weighted by atomic mass is 32.2. The highest BCUT2D eigenvalue weighted by Gasteiger charge is 2.44. The summed E-state index contributed by atoms with van der Waals surface area (Å²) < 4.78 is 44.8. The van der Waals surface area contributed by atoms with Crippen molar-refractivity contribution < 1.29 is 22.7 Å². The van der Waals surface area contributed by atoms with Gasteiger partial charge in [0.2, 0.25) is 0 Å². The molecule has 3 aromatic carbocycles. The van der Waals surface area contributed by atoms with Crippen molar-refractivity contribution in [3.63, 3.8) is 0 Å². The van der Waals surface area contributed by atoms with Crippen LogP contribution in [0.1, 0.15) is 23.5 Å². The third-order valence-corrected chi connectivity index (χ3v) is 9.40. The number of para-hydroxylation sites is 1. The summed E-state index contributed by atoms with van der Waals surface area (Å²) in [6.45, 7) is 1.89. The zero-order valence-electron chi connectivity index (χ0n) is 19.8. The number of aryl methyl sites for hydroxylation is 1. The molecule has 2 aromatic heterocycles. The van der Waals surface area contributed by atoms with Crippen LogP contribution in [0.25, 0.3) is 33.3 Å². The number of hydrogen-bond donors (Lipinski definition) is 1. The molecule has 2 atom stereocenters. The standard InChI is InChI=1S/C29H22FNO4S2/c1-17-9-11-20(12-10-17)37(34,35)31-25-8-3-2-7-21(25)26(22-13-14-36-28(22)30)27(31)19-6-4-5-18(15-19)23-16-24(23)29(32)33/h2-15,23-24H,16H2,1H3,(H,32,33). The fraction of sp³-hybridized carbons (Fsp3) is 0.138. The van der Waals surface area contributed by atoms with E-state index in [1.165, 1.54) is 3.97 Å². The van der Waals surface area contributed by atoms with Crippen LogP contribution in [0, 0.1) is 18.0 Å². The first-order chi connectivity index (χ1) is 17.8. The summed E-state index contributed by atoms with van der Waals surface area (Å²) in [5.74, 6) is -1.43. The largest absolute Gasteiger partial charge is 0.481 e. The molecule has 1 fully saturated rings. The average molecular weight is 532 g/mol. The van der Waals surface area contributed by atoms with Gasteiger partial charge in [0.15, 0.2) is 5.13 Å². The highest BCUT2D eigenvalue weighted by Crippen LogP contribution is 2.50. The SMILES string of the molecule is Cc1ccc(S(=O)(=O)n2c(-c3cccc(C4CC4C(=O)O)c3)c(-c3ccsc3F)c3ccccc32)cc1. The van der Waals surface area contributed by atoms with Crippen LogP contribution in [0.4, 0.5) is 4.39 Å². The lowest BCUT2D eigenvalue weighted by molar-refractivity contribution is -0.138. The monoisotopic (exact) mass is 531 g/mol. The third-order valence-electron chi connectivity index (χ3n) is 6.97. The summed E-state index contributed by atoms with van der Waals surface area (Å²) >= 11 is 0.957. The minimum Gasteiger partial charge on any atom is -0.481 e. The van der Waals surface area contributed by atoms with Gasteiger partial charge in [0.1, 0.15) is 0 Å². The van der Waals surface area contributed by atoms with Gasteiger partial charge in [-0.05, 0) is 60.5 Å². The van der Waals surface area contributed by atoms with Gasteiger partial charge in [0.25, 0.3) is 10.0 Å². The number of benzene rings is 3. The Balaban J connectivity index is 1.68. The number of nitrogens with zero attached hydrogens (tertiary/aromatic N) is 1. The fourth-order valence-corrected chi connectivity index (χ4v) is 7.20. The summed E-state index contributed by atoms with van der Waals surface area (Å²) in [6.07, 6.45) is 0.537. The molecule has 37 heavy (non-hydrogen) atoms. The first-order valence-corrected chi connectivity index (χ1v) is 14.1. The Morgan fingerprint density at radius 2 is 1.78 bits per heavy atom. The van der Waals surface area contributed by atoms with E-state index in [0.717, 1.165) is 22.5 Å². The Morgan fingerprint density at radius 1 is 1.03 bits per heavy atom. The molecule has 2 unspecified atom stereocenters. The van der Waals surface area contributed by atoms with E-state index in [9.17, 15) is 18.3 Å². The van der Waals surface area contributed by atoms with Gasteiger partial charge in [-0.2, -0.15) is 4.39 Å². The number of fused-ring (bicyclic) bond motifs is 1. The van der Waals surface area contributed by atoms with E-state index >= 15 is 4.39 Å². The molecule has 0 aliphatic heterocycles. The summed E-state index contributed by atoms with van der Waals surface area (Å²) in [5.41, 5.74) is 3.96. The number of halogens is 1. The van der Waals surface area contributed by atoms with Gasteiger partial charge in [0, 0.05) is 22.1 Å². The number of aromatic nitrogens is 1. The number of thiophene rings is 1. The Labute approximate surface area is 217 Å². The predicted octanol–water partition coefficient (Wildman–Crippen LogP) is 6.91. The second kappa shape index (κ2) is 8.68. The van der Waals surface area contributed by atoms with Crippen molar-refractivity contribution in [1.82, 2.24) is 3.97 Å². The lowest BCUT2D eigenvalue weighted by Crippen LogP contribution is -2.14. The van der Waals surface area contributed by atoms with Gasteiger partial charge in [0.05, 0.1) is 22.0 Å². The Bertz CT molecular complexity index is 1780. The van der Waals surface area contributed by atoms with Crippen molar-refractivity contribution in [1.29, 1.82) is 0 Å². The molecular formula is C29H22FNO4S2. The summed E-state index contributed by atoms with van der Waals surface area (Å²) in [7, 11) is -4.08. The van der Waals surface area contributed by atoms with Crippen molar-refractivity contribution in [3.05, 3.63) is 101 Å². The molecular weight excluding hydrogens is 509 g/mol. The van der Waals surface area contributed by atoms with E-state index in [1.54, 1.807) is 72.1 Å². The zero-order chi connectivity index (χ0) is 25.9. The maximum absolute atomic E-state index is 15.1. The van der Waals surface area contributed by atoms with Gasteiger partial charge < -0.3 is 5.11 Å². The van der Waals surface area contributed by atoms with Gasteiger partial charge in [-0.3, -0.25) is 4.79 Å². The molecule has 5 nitrogen and oxygen atoms in total. The third kappa shape index (κ3) is 3.88. The van der Waals surface area contributed by atoms with Crippen molar-refractivity contribution in [2.45, 2.75) is 24.2 Å². The topological polar surface area (TPSA) is 76.4 Å². The molecule has 0 spiro atoms. The van der Waals surface area contributed by atoms with Crippen LogP contribution in [0.3, 0.4) is 0 Å². The van der Waals surface area contributed by atoms with Crippen molar-refractivity contribution in [2.24, 2.45) is 5.92 Å². The van der Waals surface area contributed by atoms with Crippen LogP contribution < -0.4 is 0 Å². The van der Waals surface area contributed by atoms with E-state index in [1.807, 2.05) is 19.1 Å². The Hall–Kier alpha value is -3.75. The maximum atomic E-state index is 15.1. The normalized spacial score (nSPS) is 17.2. The average Bonchev–Trinajstić information content (AvgIpc) is 3.48. The number of hydrogen-bond acceptors (Lipinski definition) is 4. The maximum Gasteiger partial charge on any atom is 0.307 e. The second-order valence-corrected chi connectivity index (χ2v) is 12.0. The van der Waals surface area contributed by atoms with Crippen molar-refractivity contribution >= 4 is 38.2 Å². The lowest BCUT2D eigenvalue weighted by Gasteiger charge is -2.15. The summed E-state index contributed by atoms with van der Waals surface area (Å²) in [6, 6.07) is 22.7. The molecule has 2 heterocycles. The van der Waals surface area contributed by atoms with Crippen LogP contribution in [0.15, 0.2) is 89.1 Å². The van der Waals surface area contributed by atoms with Gasteiger partial charge in [-0.1, -0.05) is 54.1 Å². The van der Waals surface area contributed by atoms with Gasteiger partial charge in [-0.25, -0.2) is 12.4 Å². The Morgan fingerprint density at radius 3 is 2.46 bits per heavy atom. The van der Waals surface area contributed by atoms with Crippen molar-refractivity contribution in [2.75, 3.05) is 0 Å². The molecule has 0 saturated heterocycles. The molecule has 1 saturated carbocycles. The molecule has 1 aliphatic rings. The number of aliphatic carboxylic acids is 1. The number of carboxylic acids is 1. The molecule has 1 N–H and O–H groups in total. The lowest BCUT2D eigenvalue weighted by atomic mass is 9.98. The molecule has 1 aliphatic carbocycles. The fourth-order valence-electron chi connectivity index (χ4n) is 5.04. The second-order valence-electron chi connectivity index (χ2n) is 9.34. The molecule has 0 bridgehead atoms. The molecule has 6 rings (SSSR count).